The zero-order valence-corrected chi connectivity index (χ0v) is 12.5. The monoisotopic (exact) mass is 303 g/mol. The molecule has 1 aromatic carbocycles. The van der Waals surface area contributed by atoms with E-state index in [0.717, 1.165) is 31.7 Å². The minimum atomic E-state index is 0.0352. The molecule has 1 aliphatic rings. The molecule has 0 amide bonds. The van der Waals surface area contributed by atoms with Gasteiger partial charge in [-0.3, -0.25) is 4.90 Å². The van der Waals surface area contributed by atoms with Crippen LogP contribution in [-0.4, -0.2) is 41.2 Å². The van der Waals surface area contributed by atoms with Crippen LogP contribution in [0.3, 0.4) is 0 Å². The van der Waals surface area contributed by atoms with Crippen molar-refractivity contribution in [3.63, 3.8) is 0 Å². The second-order valence-corrected chi connectivity index (χ2v) is 5.60. The van der Waals surface area contributed by atoms with Gasteiger partial charge in [-0.05, 0) is 24.3 Å². The maximum atomic E-state index is 9.82. The second kappa shape index (κ2) is 6.33. The number of hydrogen-bond donors (Lipinski definition) is 1. The number of aromatic hydroxyl groups is 1. The summed E-state index contributed by atoms with van der Waals surface area (Å²) in [4.78, 5) is 8.59. The summed E-state index contributed by atoms with van der Waals surface area (Å²) < 4.78 is 0. The Morgan fingerprint density at radius 2 is 1.71 bits per heavy atom. The fraction of sp³-hybridized carbons (Fsp3) is 0.312. The number of nitrogens with zero attached hydrogens (tertiary/aromatic N) is 3. The number of para-hydroxylation sites is 1. The molecular weight excluding hydrogens is 286 g/mol. The summed E-state index contributed by atoms with van der Waals surface area (Å²) in [7, 11) is 0. The van der Waals surface area contributed by atoms with Crippen LogP contribution in [0.4, 0.5) is 5.69 Å². The first-order valence-corrected chi connectivity index (χ1v) is 7.47. The number of aromatic nitrogens is 1. The summed E-state index contributed by atoms with van der Waals surface area (Å²) >= 11 is 5.76. The lowest BCUT2D eigenvalue weighted by atomic mass is 10.2. The Balaban J connectivity index is 1.59. The molecule has 0 aliphatic carbocycles. The van der Waals surface area contributed by atoms with Crippen LogP contribution in [0.5, 0.6) is 5.88 Å². The van der Waals surface area contributed by atoms with E-state index < -0.39 is 0 Å². The molecule has 1 saturated heterocycles. The third-order valence-corrected chi connectivity index (χ3v) is 4.02. The number of benzene rings is 1. The first-order valence-electron chi connectivity index (χ1n) is 7.09. The predicted octanol–water partition coefficient (Wildman–Crippen LogP) is 2.76. The number of anilines is 1. The maximum Gasteiger partial charge on any atom is 0.216 e. The zero-order chi connectivity index (χ0) is 14.7. The Morgan fingerprint density at radius 3 is 2.38 bits per heavy atom. The topological polar surface area (TPSA) is 39.6 Å². The van der Waals surface area contributed by atoms with Crippen LogP contribution in [0.1, 0.15) is 5.56 Å². The van der Waals surface area contributed by atoms with Gasteiger partial charge in [0.05, 0.1) is 0 Å². The smallest absolute Gasteiger partial charge is 0.216 e. The van der Waals surface area contributed by atoms with Crippen molar-refractivity contribution in [1.29, 1.82) is 0 Å². The second-order valence-electron chi connectivity index (χ2n) is 5.22. The minimum absolute atomic E-state index is 0.0352. The Bertz CT molecular complexity index is 598. The molecule has 4 nitrogen and oxygen atoms in total. The van der Waals surface area contributed by atoms with E-state index in [-0.39, 0.29) is 5.88 Å². The number of piperazine rings is 1. The Labute approximate surface area is 129 Å². The fourth-order valence-electron chi connectivity index (χ4n) is 2.62. The number of rotatable bonds is 3. The molecule has 0 unspecified atom stereocenters. The highest BCUT2D eigenvalue weighted by Crippen LogP contribution is 2.21. The lowest BCUT2D eigenvalue weighted by molar-refractivity contribution is 0.246. The molecule has 1 aliphatic heterocycles. The van der Waals surface area contributed by atoms with Gasteiger partial charge in [-0.15, -0.1) is 0 Å². The quantitative estimate of drug-likeness (QED) is 0.885. The minimum Gasteiger partial charge on any atom is -0.493 e. The van der Waals surface area contributed by atoms with Gasteiger partial charge >= 0.3 is 0 Å². The molecule has 21 heavy (non-hydrogen) atoms. The van der Waals surface area contributed by atoms with E-state index in [0.29, 0.717) is 11.7 Å². The normalized spacial score (nSPS) is 16.1. The van der Waals surface area contributed by atoms with Crippen LogP contribution in [-0.2, 0) is 6.54 Å². The molecule has 1 aromatic heterocycles. The number of pyridine rings is 1. The Hall–Kier alpha value is -1.78. The SMILES string of the molecule is Oc1nc(Cl)ccc1CN1CCN(c2ccccc2)CC1. The summed E-state index contributed by atoms with van der Waals surface area (Å²) in [6.07, 6.45) is 0. The van der Waals surface area contributed by atoms with Crippen molar-refractivity contribution >= 4 is 17.3 Å². The molecular formula is C16H18ClN3O. The first kappa shape index (κ1) is 14.2. The van der Waals surface area contributed by atoms with Gasteiger partial charge in [0.2, 0.25) is 5.88 Å². The van der Waals surface area contributed by atoms with E-state index in [9.17, 15) is 5.11 Å². The summed E-state index contributed by atoms with van der Waals surface area (Å²) in [6.45, 7) is 4.63. The van der Waals surface area contributed by atoms with Crippen LogP contribution in [0.25, 0.3) is 0 Å². The van der Waals surface area contributed by atoms with Gasteiger partial charge in [0.25, 0.3) is 0 Å². The molecule has 1 N–H and O–H groups in total. The molecule has 0 atom stereocenters. The van der Waals surface area contributed by atoms with Crippen molar-refractivity contribution in [1.82, 2.24) is 9.88 Å². The average molecular weight is 304 g/mol. The van der Waals surface area contributed by atoms with E-state index in [4.69, 9.17) is 11.6 Å². The maximum absolute atomic E-state index is 9.82. The summed E-state index contributed by atoms with van der Waals surface area (Å²) in [5, 5.41) is 10.1. The molecule has 3 rings (SSSR count). The van der Waals surface area contributed by atoms with Crippen molar-refractivity contribution in [2.75, 3.05) is 31.1 Å². The van der Waals surface area contributed by atoms with Gasteiger partial charge < -0.3 is 10.0 Å². The van der Waals surface area contributed by atoms with Gasteiger partial charge in [0, 0.05) is 44.0 Å². The highest BCUT2D eigenvalue weighted by Gasteiger charge is 2.18. The van der Waals surface area contributed by atoms with Crippen molar-refractivity contribution in [3.8, 4) is 5.88 Å². The number of halogens is 1. The molecule has 1 fully saturated rings. The standard InChI is InChI=1S/C16H18ClN3O/c17-15-7-6-13(16(21)18-15)12-19-8-10-20(11-9-19)14-4-2-1-3-5-14/h1-7H,8-12H2,(H,18,21). The zero-order valence-electron chi connectivity index (χ0n) is 11.7. The van der Waals surface area contributed by atoms with E-state index in [1.807, 2.05) is 12.1 Å². The van der Waals surface area contributed by atoms with Crippen molar-refractivity contribution in [2.45, 2.75) is 6.54 Å². The van der Waals surface area contributed by atoms with Gasteiger partial charge in [-0.25, -0.2) is 4.98 Å². The molecule has 0 radical (unpaired) electrons. The van der Waals surface area contributed by atoms with E-state index in [1.54, 1.807) is 6.07 Å². The molecule has 0 saturated carbocycles. The van der Waals surface area contributed by atoms with Crippen molar-refractivity contribution < 1.29 is 5.11 Å². The number of hydrogen-bond acceptors (Lipinski definition) is 4. The predicted molar refractivity (Wildman–Crippen MR) is 84.8 cm³/mol. The van der Waals surface area contributed by atoms with E-state index in [2.05, 4.69) is 39.0 Å². The van der Waals surface area contributed by atoms with Crippen LogP contribution in [0, 0.1) is 0 Å². The molecule has 0 bridgehead atoms. The molecule has 2 aromatic rings. The van der Waals surface area contributed by atoms with Crippen LogP contribution < -0.4 is 4.90 Å². The first-order chi connectivity index (χ1) is 10.2. The van der Waals surface area contributed by atoms with Crippen molar-refractivity contribution in [2.24, 2.45) is 0 Å². The van der Waals surface area contributed by atoms with Gasteiger partial charge in [0.1, 0.15) is 5.15 Å². The van der Waals surface area contributed by atoms with E-state index >= 15 is 0 Å². The third kappa shape index (κ3) is 3.46. The highest BCUT2D eigenvalue weighted by atomic mass is 35.5. The van der Waals surface area contributed by atoms with Gasteiger partial charge in [0.15, 0.2) is 0 Å². The lowest BCUT2D eigenvalue weighted by Gasteiger charge is -2.36. The third-order valence-electron chi connectivity index (χ3n) is 3.81. The van der Waals surface area contributed by atoms with Crippen molar-refractivity contribution in [3.05, 3.63) is 53.2 Å². The summed E-state index contributed by atoms with van der Waals surface area (Å²) in [6, 6.07) is 14.0. The molecule has 0 spiro atoms. The molecule has 110 valence electrons. The Kier molecular flexibility index (Phi) is 4.27. The fourth-order valence-corrected chi connectivity index (χ4v) is 2.76. The largest absolute Gasteiger partial charge is 0.493 e. The molecule has 2 heterocycles. The average Bonchev–Trinajstić information content (AvgIpc) is 2.52. The van der Waals surface area contributed by atoms with Gasteiger partial charge in [-0.2, -0.15) is 0 Å². The van der Waals surface area contributed by atoms with E-state index in [1.165, 1.54) is 5.69 Å². The summed E-state index contributed by atoms with van der Waals surface area (Å²) in [5.74, 6) is 0.0352. The summed E-state index contributed by atoms with van der Waals surface area (Å²) in [5.41, 5.74) is 2.10. The van der Waals surface area contributed by atoms with Gasteiger partial charge in [-0.1, -0.05) is 29.8 Å². The van der Waals surface area contributed by atoms with Crippen LogP contribution in [0.2, 0.25) is 5.15 Å². The molecule has 5 heteroatoms. The van der Waals surface area contributed by atoms with Crippen LogP contribution >= 0.6 is 11.6 Å². The Morgan fingerprint density at radius 1 is 1.00 bits per heavy atom. The highest BCUT2D eigenvalue weighted by molar-refractivity contribution is 6.29. The lowest BCUT2D eigenvalue weighted by Crippen LogP contribution is -2.45. The van der Waals surface area contributed by atoms with Crippen LogP contribution in [0.15, 0.2) is 42.5 Å².